The van der Waals surface area contributed by atoms with Gasteiger partial charge in [-0.1, -0.05) is 0 Å². The molecule has 0 unspecified atom stereocenters. The van der Waals surface area contributed by atoms with Gasteiger partial charge in [0.2, 0.25) is 0 Å². The lowest BCUT2D eigenvalue weighted by atomic mass is 10.2. The molecule has 0 spiro atoms. The summed E-state index contributed by atoms with van der Waals surface area (Å²) in [6, 6.07) is 5.31. The summed E-state index contributed by atoms with van der Waals surface area (Å²) in [7, 11) is 1.57. The number of nitrogens with one attached hydrogen (secondary N) is 1. The molecule has 0 saturated heterocycles. The van der Waals surface area contributed by atoms with Crippen LogP contribution in [0.2, 0.25) is 0 Å². The van der Waals surface area contributed by atoms with Crippen LogP contribution in [0.4, 0.5) is 10.5 Å². The van der Waals surface area contributed by atoms with Gasteiger partial charge in [-0.25, -0.2) is 4.79 Å². The Balaban J connectivity index is 2.58. The van der Waals surface area contributed by atoms with Crippen molar-refractivity contribution in [2.45, 2.75) is 32.9 Å². The van der Waals surface area contributed by atoms with Gasteiger partial charge in [0.1, 0.15) is 11.4 Å². The minimum Gasteiger partial charge on any atom is -0.497 e. The van der Waals surface area contributed by atoms with E-state index >= 15 is 0 Å². The summed E-state index contributed by atoms with van der Waals surface area (Å²) in [5.74, 6) is 0.663. The molecular weight excluding hydrogens is 232 g/mol. The molecule has 0 atom stereocenters. The minimum atomic E-state index is -0.502. The molecule has 5 heteroatoms. The molecule has 0 saturated carbocycles. The highest BCUT2D eigenvalue weighted by molar-refractivity contribution is 5.67. The molecule has 0 radical (unpaired) electrons. The Kier molecular flexibility index (Phi) is 4.42. The number of anilines is 1. The highest BCUT2D eigenvalue weighted by Crippen LogP contribution is 2.18. The molecule has 0 aromatic heterocycles. The van der Waals surface area contributed by atoms with Crippen LogP contribution in [-0.2, 0) is 11.3 Å². The molecule has 1 amide bonds. The Bertz CT molecular complexity index is 425. The maximum Gasteiger partial charge on any atom is 0.407 e. The predicted octanol–water partition coefficient (Wildman–Crippen LogP) is 2.30. The lowest BCUT2D eigenvalue weighted by Crippen LogP contribution is -2.32. The predicted molar refractivity (Wildman–Crippen MR) is 70.5 cm³/mol. The summed E-state index contributed by atoms with van der Waals surface area (Å²) in [5, 5.41) is 2.66. The average molecular weight is 252 g/mol. The van der Waals surface area contributed by atoms with E-state index in [-0.39, 0.29) is 0 Å². The zero-order valence-electron chi connectivity index (χ0n) is 11.2. The molecule has 0 bridgehead atoms. The fourth-order valence-electron chi connectivity index (χ4n) is 1.39. The molecule has 0 heterocycles. The van der Waals surface area contributed by atoms with Crippen molar-refractivity contribution < 1.29 is 14.3 Å². The summed E-state index contributed by atoms with van der Waals surface area (Å²) in [6.07, 6.45) is -0.455. The summed E-state index contributed by atoms with van der Waals surface area (Å²) < 4.78 is 10.2. The highest BCUT2D eigenvalue weighted by atomic mass is 16.6. The van der Waals surface area contributed by atoms with Crippen LogP contribution in [0.15, 0.2) is 18.2 Å². The van der Waals surface area contributed by atoms with Gasteiger partial charge in [-0.15, -0.1) is 0 Å². The van der Waals surface area contributed by atoms with E-state index in [4.69, 9.17) is 15.2 Å². The number of benzene rings is 1. The second-order valence-electron chi connectivity index (χ2n) is 4.97. The second kappa shape index (κ2) is 5.62. The first kappa shape index (κ1) is 14.2. The number of amides is 1. The summed E-state index contributed by atoms with van der Waals surface area (Å²) in [4.78, 5) is 11.5. The van der Waals surface area contributed by atoms with Crippen LogP contribution < -0.4 is 15.8 Å². The molecule has 0 aliphatic carbocycles. The number of nitrogen functional groups attached to an aromatic ring is 1. The number of rotatable bonds is 3. The number of nitrogens with two attached hydrogens (primary N) is 1. The van der Waals surface area contributed by atoms with Gasteiger partial charge in [0, 0.05) is 18.3 Å². The SMILES string of the molecule is COc1cc(N)cc(CNC(=O)OC(C)(C)C)c1. The Morgan fingerprint density at radius 2 is 2.00 bits per heavy atom. The first-order valence-corrected chi connectivity index (χ1v) is 5.70. The van der Waals surface area contributed by atoms with Crippen molar-refractivity contribution in [3.8, 4) is 5.75 Å². The van der Waals surface area contributed by atoms with E-state index in [0.717, 1.165) is 5.56 Å². The van der Waals surface area contributed by atoms with Gasteiger partial charge in [-0.05, 0) is 38.5 Å². The van der Waals surface area contributed by atoms with E-state index in [9.17, 15) is 4.79 Å². The van der Waals surface area contributed by atoms with Crippen molar-refractivity contribution >= 4 is 11.8 Å². The molecule has 18 heavy (non-hydrogen) atoms. The van der Waals surface area contributed by atoms with Crippen LogP contribution >= 0.6 is 0 Å². The Morgan fingerprint density at radius 3 is 2.56 bits per heavy atom. The van der Waals surface area contributed by atoms with Gasteiger partial charge >= 0.3 is 6.09 Å². The molecule has 3 N–H and O–H groups in total. The van der Waals surface area contributed by atoms with E-state index in [1.807, 2.05) is 26.8 Å². The van der Waals surface area contributed by atoms with Crippen molar-refractivity contribution in [2.75, 3.05) is 12.8 Å². The molecule has 0 aliphatic heterocycles. The summed E-state index contributed by atoms with van der Waals surface area (Å²) in [5.41, 5.74) is 6.67. The molecular formula is C13H20N2O3. The molecule has 5 nitrogen and oxygen atoms in total. The quantitative estimate of drug-likeness (QED) is 0.809. The smallest absolute Gasteiger partial charge is 0.407 e. The molecule has 1 aromatic carbocycles. The Labute approximate surface area is 107 Å². The van der Waals surface area contributed by atoms with Crippen molar-refractivity contribution in [3.05, 3.63) is 23.8 Å². The Hall–Kier alpha value is -1.91. The largest absolute Gasteiger partial charge is 0.497 e. The number of carbonyl (C=O) groups excluding carboxylic acids is 1. The lowest BCUT2D eigenvalue weighted by molar-refractivity contribution is 0.0523. The van der Waals surface area contributed by atoms with Crippen molar-refractivity contribution in [1.82, 2.24) is 5.32 Å². The van der Waals surface area contributed by atoms with Crippen LogP contribution in [0.5, 0.6) is 5.75 Å². The van der Waals surface area contributed by atoms with Crippen LogP contribution in [0, 0.1) is 0 Å². The van der Waals surface area contributed by atoms with Crippen LogP contribution in [0.1, 0.15) is 26.3 Å². The van der Waals surface area contributed by atoms with E-state index in [0.29, 0.717) is 18.0 Å². The number of alkyl carbamates (subject to hydrolysis) is 1. The second-order valence-corrected chi connectivity index (χ2v) is 4.97. The molecule has 100 valence electrons. The van der Waals surface area contributed by atoms with E-state index < -0.39 is 11.7 Å². The molecule has 1 rings (SSSR count). The number of ether oxygens (including phenoxy) is 2. The van der Waals surface area contributed by atoms with E-state index in [2.05, 4.69) is 5.32 Å². The molecule has 0 fully saturated rings. The zero-order chi connectivity index (χ0) is 13.8. The zero-order valence-corrected chi connectivity index (χ0v) is 11.2. The first-order chi connectivity index (χ1) is 8.30. The third kappa shape index (κ3) is 4.95. The lowest BCUT2D eigenvalue weighted by Gasteiger charge is -2.19. The average Bonchev–Trinajstić information content (AvgIpc) is 2.23. The normalized spacial score (nSPS) is 10.9. The maximum absolute atomic E-state index is 11.5. The highest BCUT2D eigenvalue weighted by Gasteiger charge is 2.15. The van der Waals surface area contributed by atoms with Crippen molar-refractivity contribution in [3.63, 3.8) is 0 Å². The monoisotopic (exact) mass is 252 g/mol. The first-order valence-electron chi connectivity index (χ1n) is 5.70. The van der Waals surface area contributed by atoms with Crippen molar-refractivity contribution in [2.24, 2.45) is 0 Å². The number of carbonyl (C=O) groups is 1. The number of methoxy groups -OCH3 is 1. The minimum absolute atomic E-state index is 0.344. The van der Waals surface area contributed by atoms with Gasteiger partial charge < -0.3 is 20.5 Å². The molecule has 0 aliphatic rings. The Morgan fingerprint density at radius 1 is 1.33 bits per heavy atom. The van der Waals surface area contributed by atoms with E-state index in [1.165, 1.54) is 0 Å². The topological polar surface area (TPSA) is 73.6 Å². The van der Waals surface area contributed by atoms with Crippen LogP contribution in [0.25, 0.3) is 0 Å². The van der Waals surface area contributed by atoms with Crippen molar-refractivity contribution in [1.29, 1.82) is 0 Å². The fraction of sp³-hybridized carbons (Fsp3) is 0.462. The fourth-order valence-corrected chi connectivity index (χ4v) is 1.39. The summed E-state index contributed by atoms with van der Waals surface area (Å²) >= 11 is 0. The summed E-state index contributed by atoms with van der Waals surface area (Å²) in [6.45, 7) is 5.79. The van der Waals surface area contributed by atoms with Crippen LogP contribution in [0.3, 0.4) is 0 Å². The maximum atomic E-state index is 11.5. The number of hydrogen-bond acceptors (Lipinski definition) is 4. The standard InChI is InChI=1S/C13H20N2O3/c1-13(2,3)18-12(16)15-8-9-5-10(14)7-11(6-9)17-4/h5-7H,8,14H2,1-4H3,(H,15,16). The van der Waals surface area contributed by atoms with Gasteiger partial charge in [0.15, 0.2) is 0 Å². The van der Waals surface area contributed by atoms with Gasteiger partial charge in [0.25, 0.3) is 0 Å². The van der Waals surface area contributed by atoms with E-state index in [1.54, 1.807) is 19.2 Å². The van der Waals surface area contributed by atoms with Gasteiger partial charge in [-0.2, -0.15) is 0 Å². The third-order valence-corrected chi connectivity index (χ3v) is 2.06. The third-order valence-electron chi connectivity index (χ3n) is 2.06. The molecule has 1 aromatic rings. The number of hydrogen-bond donors (Lipinski definition) is 2. The van der Waals surface area contributed by atoms with Gasteiger partial charge in [-0.3, -0.25) is 0 Å². The van der Waals surface area contributed by atoms with Gasteiger partial charge in [0.05, 0.1) is 7.11 Å². The van der Waals surface area contributed by atoms with Crippen LogP contribution in [-0.4, -0.2) is 18.8 Å².